The minimum absolute atomic E-state index is 0.0523. The normalized spacial score (nSPS) is 16.7. The summed E-state index contributed by atoms with van der Waals surface area (Å²) < 4.78 is 40.7. The number of para-hydroxylation sites is 1. The van der Waals surface area contributed by atoms with Crippen molar-refractivity contribution in [1.29, 1.82) is 0 Å². The van der Waals surface area contributed by atoms with E-state index in [0.717, 1.165) is 48.1 Å². The summed E-state index contributed by atoms with van der Waals surface area (Å²) in [6.45, 7) is 0.382. The third kappa shape index (κ3) is 7.25. The monoisotopic (exact) mass is 599 g/mol. The summed E-state index contributed by atoms with van der Waals surface area (Å²) in [5, 5.41) is 9.14. The lowest BCUT2D eigenvalue weighted by Gasteiger charge is -2.22. The molecular weight excluding hydrogens is 566 g/mol. The number of aliphatic carboxylic acids is 1. The zero-order chi connectivity index (χ0) is 29.0. The van der Waals surface area contributed by atoms with Gasteiger partial charge in [-0.2, -0.15) is 0 Å². The van der Waals surface area contributed by atoms with Crippen LogP contribution in [0.2, 0.25) is 5.02 Å². The van der Waals surface area contributed by atoms with Crippen LogP contribution >= 0.6 is 11.6 Å². The number of nitrogens with two attached hydrogens (primary N) is 1. The second-order valence-corrected chi connectivity index (χ2v) is 12.8. The number of carbonyl (C=O) groups is 1. The van der Waals surface area contributed by atoms with Gasteiger partial charge >= 0.3 is 5.97 Å². The first-order valence-corrected chi connectivity index (χ1v) is 15.7. The average Bonchev–Trinajstić information content (AvgIpc) is 3.90. The Morgan fingerprint density at radius 2 is 1.93 bits per heavy atom. The van der Waals surface area contributed by atoms with E-state index in [0.29, 0.717) is 23.4 Å². The van der Waals surface area contributed by atoms with E-state index in [1.165, 1.54) is 12.1 Å². The summed E-state index contributed by atoms with van der Waals surface area (Å²) in [5.74, 6) is -0.211. The van der Waals surface area contributed by atoms with Gasteiger partial charge in [-0.25, -0.2) is 13.1 Å². The van der Waals surface area contributed by atoms with Crippen molar-refractivity contribution in [2.24, 2.45) is 5.73 Å². The van der Waals surface area contributed by atoms with Gasteiger partial charge in [0.1, 0.15) is 11.8 Å². The number of nitrogens with zero attached hydrogens (tertiary/aromatic N) is 1. The van der Waals surface area contributed by atoms with Crippen LogP contribution in [0.1, 0.15) is 56.1 Å². The molecule has 11 heteroatoms. The molecule has 1 aromatic heterocycles. The molecule has 0 bridgehead atoms. The lowest BCUT2D eigenvalue weighted by Crippen LogP contribution is -2.30. The van der Waals surface area contributed by atoms with Crippen LogP contribution < -0.4 is 15.2 Å². The van der Waals surface area contributed by atoms with Crippen molar-refractivity contribution < 1.29 is 27.8 Å². The highest BCUT2D eigenvalue weighted by Crippen LogP contribution is 2.53. The number of carboxylic acid groups (broad SMARTS) is 1. The summed E-state index contributed by atoms with van der Waals surface area (Å²) in [6, 6.07) is 13.7. The van der Waals surface area contributed by atoms with Crippen LogP contribution in [-0.4, -0.2) is 43.2 Å². The van der Waals surface area contributed by atoms with Gasteiger partial charge in [0.05, 0.1) is 23.2 Å². The number of rotatable bonds is 15. The van der Waals surface area contributed by atoms with Gasteiger partial charge in [0.25, 0.3) is 0 Å². The Labute approximate surface area is 245 Å². The lowest BCUT2D eigenvalue weighted by atomic mass is 9.96. The van der Waals surface area contributed by atoms with Crippen LogP contribution in [0.5, 0.6) is 5.75 Å². The standard InChI is InChI=1S/C30H34ClN3O6S/c31-26-17-22(41(37,38)34-15-4-3-6-27(32)29(35)36)11-8-20(26)19-39-30(13-14-30)25-18-33-16-12-23(25)24-5-1-2-7-28(24)40-21-9-10-21/h1-2,5,7-8,11-12,16-18,21,27,34H,3-4,6,9-10,13-15,19,32H2,(H,35,36)/t27-/m0/s1. The van der Waals surface area contributed by atoms with E-state index in [1.807, 2.05) is 30.5 Å². The van der Waals surface area contributed by atoms with Gasteiger partial charge in [-0.1, -0.05) is 42.3 Å². The van der Waals surface area contributed by atoms with Crippen LogP contribution in [0.4, 0.5) is 0 Å². The third-order valence-electron chi connectivity index (χ3n) is 7.40. The first kappa shape index (κ1) is 29.5. The molecule has 1 heterocycles. The van der Waals surface area contributed by atoms with E-state index in [1.54, 1.807) is 12.3 Å². The molecule has 3 aromatic rings. The number of ether oxygens (including phenoxy) is 2. The molecule has 2 fully saturated rings. The topological polar surface area (TPSA) is 141 Å². The van der Waals surface area contributed by atoms with Crippen molar-refractivity contribution in [3.8, 4) is 16.9 Å². The minimum atomic E-state index is -3.78. The van der Waals surface area contributed by atoms with Gasteiger partial charge in [-0.05, 0) is 73.9 Å². The maximum Gasteiger partial charge on any atom is 0.320 e. The number of unbranched alkanes of at least 4 members (excludes halogenated alkanes) is 1. The van der Waals surface area contributed by atoms with Gasteiger partial charge < -0.3 is 20.3 Å². The van der Waals surface area contributed by atoms with Crippen LogP contribution in [0.3, 0.4) is 0 Å². The molecule has 0 aliphatic heterocycles. The number of hydrogen-bond acceptors (Lipinski definition) is 7. The number of benzene rings is 2. The Hall–Kier alpha value is -3.02. The molecule has 2 saturated carbocycles. The summed E-state index contributed by atoms with van der Waals surface area (Å²) in [7, 11) is -3.78. The second kappa shape index (κ2) is 12.5. The number of pyridine rings is 1. The highest BCUT2D eigenvalue weighted by molar-refractivity contribution is 7.89. The van der Waals surface area contributed by atoms with E-state index < -0.39 is 27.6 Å². The lowest BCUT2D eigenvalue weighted by molar-refractivity contribution is -0.138. The van der Waals surface area contributed by atoms with E-state index in [4.69, 9.17) is 31.9 Å². The molecule has 0 radical (unpaired) electrons. The SMILES string of the molecule is N[C@@H](CCCCNS(=O)(=O)c1ccc(COC2(c3cnccc3-c3ccccc3OC3CC3)CC2)c(Cl)c1)C(=O)O. The summed E-state index contributed by atoms with van der Waals surface area (Å²) in [4.78, 5) is 15.2. The summed E-state index contributed by atoms with van der Waals surface area (Å²) in [5.41, 5.74) is 8.69. The molecular formula is C30H34ClN3O6S. The molecule has 5 rings (SSSR count). The van der Waals surface area contributed by atoms with E-state index >= 15 is 0 Å². The van der Waals surface area contributed by atoms with Gasteiger partial charge in [-0.15, -0.1) is 0 Å². The van der Waals surface area contributed by atoms with Crippen molar-refractivity contribution in [1.82, 2.24) is 9.71 Å². The Morgan fingerprint density at radius 3 is 2.63 bits per heavy atom. The number of nitrogens with one attached hydrogen (secondary N) is 1. The minimum Gasteiger partial charge on any atom is -0.490 e. The fraction of sp³-hybridized carbons (Fsp3) is 0.400. The number of halogens is 1. The predicted molar refractivity (Wildman–Crippen MR) is 155 cm³/mol. The van der Waals surface area contributed by atoms with Gasteiger partial charge in [-0.3, -0.25) is 9.78 Å². The molecule has 2 aliphatic rings. The third-order valence-corrected chi connectivity index (χ3v) is 9.21. The van der Waals surface area contributed by atoms with Crippen LogP contribution in [0.25, 0.3) is 11.1 Å². The highest BCUT2D eigenvalue weighted by atomic mass is 35.5. The van der Waals surface area contributed by atoms with Crippen LogP contribution in [0, 0.1) is 0 Å². The largest absolute Gasteiger partial charge is 0.490 e. The summed E-state index contributed by atoms with van der Waals surface area (Å²) in [6.07, 6.45) is 8.97. The molecule has 0 spiro atoms. The van der Waals surface area contributed by atoms with Gasteiger partial charge in [0.2, 0.25) is 10.0 Å². The Balaban J connectivity index is 1.23. The van der Waals surface area contributed by atoms with Crippen molar-refractivity contribution in [3.05, 3.63) is 77.1 Å². The zero-order valence-corrected chi connectivity index (χ0v) is 24.2. The molecule has 0 unspecified atom stereocenters. The zero-order valence-electron chi connectivity index (χ0n) is 22.6. The number of sulfonamides is 1. The van der Waals surface area contributed by atoms with Crippen LogP contribution in [-0.2, 0) is 31.8 Å². The fourth-order valence-corrected chi connectivity index (χ4v) is 6.09. The molecule has 9 nitrogen and oxygen atoms in total. The molecule has 0 amide bonds. The second-order valence-electron chi connectivity index (χ2n) is 10.6. The smallest absolute Gasteiger partial charge is 0.320 e. The first-order valence-electron chi connectivity index (χ1n) is 13.8. The number of carboxylic acids is 1. The van der Waals surface area contributed by atoms with Crippen LogP contribution in [0.15, 0.2) is 65.8 Å². The maximum atomic E-state index is 12.7. The van der Waals surface area contributed by atoms with Crippen molar-refractivity contribution in [2.45, 2.75) is 74.2 Å². The molecule has 4 N–H and O–H groups in total. The van der Waals surface area contributed by atoms with E-state index in [9.17, 15) is 13.2 Å². The highest BCUT2D eigenvalue weighted by Gasteiger charge is 2.47. The first-order chi connectivity index (χ1) is 19.7. The Morgan fingerprint density at radius 1 is 1.15 bits per heavy atom. The van der Waals surface area contributed by atoms with Crippen molar-refractivity contribution in [3.63, 3.8) is 0 Å². The maximum absolute atomic E-state index is 12.7. The quantitative estimate of drug-likeness (QED) is 0.207. The van der Waals surface area contributed by atoms with Crippen molar-refractivity contribution >= 4 is 27.6 Å². The van der Waals surface area contributed by atoms with Gasteiger partial charge in [0, 0.05) is 35.1 Å². The number of hydrogen-bond donors (Lipinski definition) is 3. The predicted octanol–water partition coefficient (Wildman–Crippen LogP) is 5.01. The van der Waals surface area contributed by atoms with E-state index in [2.05, 4.69) is 15.8 Å². The molecule has 2 aromatic carbocycles. The van der Waals surface area contributed by atoms with Gasteiger partial charge in [0.15, 0.2) is 0 Å². The molecule has 41 heavy (non-hydrogen) atoms. The molecule has 2 aliphatic carbocycles. The Bertz CT molecular complexity index is 1510. The summed E-state index contributed by atoms with van der Waals surface area (Å²) >= 11 is 6.51. The fourth-order valence-electron chi connectivity index (χ4n) is 4.69. The van der Waals surface area contributed by atoms with E-state index in [-0.39, 0.29) is 30.6 Å². The average molecular weight is 600 g/mol. The molecule has 218 valence electrons. The molecule has 1 atom stereocenters. The Kier molecular flexibility index (Phi) is 8.96. The van der Waals surface area contributed by atoms with Crippen molar-refractivity contribution in [2.75, 3.05) is 6.54 Å². The number of aromatic nitrogens is 1. The molecule has 0 saturated heterocycles.